The van der Waals surface area contributed by atoms with Crippen molar-refractivity contribution in [2.45, 2.75) is 65.2 Å². The van der Waals surface area contributed by atoms with E-state index in [0.29, 0.717) is 5.04 Å². The Morgan fingerprint density at radius 3 is 1.80 bits per heavy atom. The zero-order chi connectivity index (χ0) is 12.3. The lowest BCUT2D eigenvalue weighted by Crippen LogP contribution is -2.44. The lowest BCUT2D eigenvalue weighted by molar-refractivity contribution is 0.268. The molecule has 0 aromatic carbocycles. The molecule has 0 aliphatic carbocycles. The van der Waals surface area contributed by atoms with Crippen molar-refractivity contribution in [3.8, 4) is 0 Å². The van der Waals surface area contributed by atoms with Crippen LogP contribution < -0.4 is 5.32 Å². The predicted molar refractivity (Wildman–Crippen MR) is 70.9 cm³/mol. The maximum absolute atomic E-state index is 6.07. The van der Waals surface area contributed by atoms with Gasteiger partial charge in [0.15, 0.2) is 8.32 Å². The summed E-state index contributed by atoms with van der Waals surface area (Å²) in [7, 11) is -1.54. The summed E-state index contributed by atoms with van der Waals surface area (Å²) < 4.78 is 6.07. The molecule has 0 fully saturated rings. The van der Waals surface area contributed by atoms with E-state index in [4.69, 9.17) is 4.43 Å². The van der Waals surface area contributed by atoms with Crippen LogP contribution in [0.2, 0.25) is 18.1 Å². The molecular weight excluding hydrogens is 202 g/mol. The van der Waals surface area contributed by atoms with Crippen molar-refractivity contribution in [3.63, 3.8) is 0 Å². The summed E-state index contributed by atoms with van der Waals surface area (Å²) in [6.07, 6.45) is 0. The van der Waals surface area contributed by atoms with E-state index in [1.807, 2.05) is 0 Å². The zero-order valence-corrected chi connectivity index (χ0v) is 12.8. The molecule has 0 amide bonds. The molecule has 1 N–H and O–H groups in total. The van der Waals surface area contributed by atoms with E-state index >= 15 is 0 Å². The van der Waals surface area contributed by atoms with E-state index in [1.54, 1.807) is 0 Å². The Labute approximate surface area is 96.9 Å². The third-order valence-electron chi connectivity index (χ3n) is 3.03. The minimum absolute atomic E-state index is 0.191. The Balaban J connectivity index is 3.87. The van der Waals surface area contributed by atoms with Gasteiger partial charge in [0.05, 0.1) is 0 Å². The molecule has 0 radical (unpaired) electrons. The van der Waals surface area contributed by atoms with Crippen molar-refractivity contribution in [1.29, 1.82) is 0 Å². The van der Waals surface area contributed by atoms with Crippen molar-refractivity contribution in [2.75, 3.05) is 13.2 Å². The third-order valence-corrected chi connectivity index (χ3v) is 7.56. The van der Waals surface area contributed by atoms with Crippen molar-refractivity contribution in [1.82, 2.24) is 5.32 Å². The highest BCUT2D eigenvalue weighted by Gasteiger charge is 2.36. The summed E-state index contributed by atoms with van der Waals surface area (Å²) in [5.41, 5.74) is 0.191. The van der Waals surface area contributed by atoms with Crippen LogP contribution in [0, 0.1) is 0 Å². The molecule has 0 aromatic rings. The lowest BCUT2D eigenvalue weighted by Gasteiger charge is -2.36. The summed E-state index contributed by atoms with van der Waals surface area (Å²) in [4.78, 5) is 0. The molecule has 0 rings (SSSR count). The smallest absolute Gasteiger partial charge is 0.192 e. The molecular formula is C12H29NOSi. The van der Waals surface area contributed by atoms with Gasteiger partial charge in [-0.1, -0.05) is 20.8 Å². The summed E-state index contributed by atoms with van der Waals surface area (Å²) in [6, 6.07) is 0. The highest BCUT2D eigenvalue weighted by molar-refractivity contribution is 6.74. The van der Waals surface area contributed by atoms with Crippen LogP contribution in [0.1, 0.15) is 41.5 Å². The van der Waals surface area contributed by atoms with Gasteiger partial charge < -0.3 is 9.74 Å². The van der Waals surface area contributed by atoms with Gasteiger partial charge in [0, 0.05) is 18.7 Å². The first kappa shape index (κ1) is 15.1. The van der Waals surface area contributed by atoms with Crippen LogP contribution in [0.15, 0.2) is 0 Å². The molecule has 0 aliphatic heterocycles. The van der Waals surface area contributed by atoms with Gasteiger partial charge in [-0.2, -0.15) is 0 Å². The SMILES string of the molecule is CC(C)(C)NCCO[Si](C)(C)C(C)(C)C. The number of rotatable bonds is 4. The van der Waals surface area contributed by atoms with Crippen molar-refractivity contribution in [2.24, 2.45) is 0 Å². The van der Waals surface area contributed by atoms with Crippen LogP contribution in [-0.4, -0.2) is 27.0 Å². The minimum atomic E-state index is -1.54. The molecule has 0 aliphatic rings. The van der Waals surface area contributed by atoms with Crippen LogP contribution >= 0.6 is 0 Å². The van der Waals surface area contributed by atoms with E-state index in [-0.39, 0.29) is 5.54 Å². The van der Waals surface area contributed by atoms with Crippen LogP contribution in [0.5, 0.6) is 0 Å². The molecule has 0 saturated carbocycles. The average molecular weight is 231 g/mol. The zero-order valence-electron chi connectivity index (χ0n) is 11.8. The van der Waals surface area contributed by atoms with Crippen LogP contribution in [0.25, 0.3) is 0 Å². The van der Waals surface area contributed by atoms with Crippen molar-refractivity contribution in [3.05, 3.63) is 0 Å². The summed E-state index contributed by atoms with van der Waals surface area (Å²) >= 11 is 0. The molecule has 0 atom stereocenters. The fourth-order valence-electron chi connectivity index (χ4n) is 0.949. The molecule has 0 saturated heterocycles. The summed E-state index contributed by atoms with van der Waals surface area (Å²) in [6.45, 7) is 19.7. The van der Waals surface area contributed by atoms with Crippen molar-refractivity contribution < 1.29 is 4.43 Å². The summed E-state index contributed by atoms with van der Waals surface area (Å²) in [5.74, 6) is 0. The Morgan fingerprint density at radius 1 is 1.00 bits per heavy atom. The topological polar surface area (TPSA) is 21.3 Å². The quantitative estimate of drug-likeness (QED) is 0.591. The molecule has 0 heterocycles. The Hall–Kier alpha value is 0.137. The molecule has 92 valence electrons. The maximum Gasteiger partial charge on any atom is 0.192 e. The standard InChI is InChI=1S/C12H29NOSi/c1-11(2,3)13-9-10-14-15(7,8)12(4,5)6/h13H,9-10H2,1-8H3. The monoisotopic (exact) mass is 231 g/mol. The molecule has 0 bridgehead atoms. The van der Waals surface area contributed by atoms with E-state index in [1.165, 1.54) is 0 Å². The minimum Gasteiger partial charge on any atom is -0.416 e. The second kappa shape index (κ2) is 4.98. The lowest BCUT2D eigenvalue weighted by atomic mass is 10.1. The fourth-order valence-corrected chi connectivity index (χ4v) is 1.99. The van der Waals surface area contributed by atoms with Gasteiger partial charge in [-0.3, -0.25) is 0 Å². The van der Waals surface area contributed by atoms with Crippen LogP contribution in [0.4, 0.5) is 0 Å². The largest absolute Gasteiger partial charge is 0.416 e. The number of hydrogen-bond donors (Lipinski definition) is 1. The Morgan fingerprint density at radius 2 is 1.47 bits per heavy atom. The molecule has 0 unspecified atom stereocenters. The van der Waals surface area contributed by atoms with Gasteiger partial charge in [-0.15, -0.1) is 0 Å². The maximum atomic E-state index is 6.07. The van der Waals surface area contributed by atoms with Crippen LogP contribution in [0.3, 0.4) is 0 Å². The second-order valence-corrected chi connectivity index (χ2v) is 11.6. The Bertz CT molecular complexity index is 189. The normalized spacial score (nSPS) is 14.4. The van der Waals surface area contributed by atoms with Crippen LogP contribution in [-0.2, 0) is 4.43 Å². The van der Waals surface area contributed by atoms with Crippen molar-refractivity contribution >= 4 is 8.32 Å². The second-order valence-electron chi connectivity index (χ2n) is 6.79. The van der Waals surface area contributed by atoms with Gasteiger partial charge in [-0.25, -0.2) is 0 Å². The van der Waals surface area contributed by atoms with E-state index < -0.39 is 8.32 Å². The molecule has 0 aromatic heterocycles. The number of nitrogens with one attached hydrogen (secondary N) is 1. The third kappa shape index (κ3) is 6.33. The first-order valence-electron chi connectivity index (χ1n) is 5.85. The molecule has 2 nitrogen and oxygen atoms in total. The van der Waals surface area contributed by atoms with Gasteiger partial charge >= 0.3 is 0 Å². The molecule has 0 spiro atoms. The predicted octanol–water partition coefficient (Wildman–Crippen LogP) is 3.40. The van der Waals surface area contributed by atoms with Gasteiger partial charge in [0.2, 0.25) is 0 Å². The average Bonchev–Trinajstić information content (AvgIpc) is 1.94. The van der Waals surface area contributed by atoms with E-state index in [0.717, 1.165) is 13.2 Å². The van der Waals surface area contributed by atoms with Gasteiger partial charge in [0.25, 0.3) is 0 Å². The highest BCUT2D eigenvalue weighted by atomic mass is 28.4. The van der Waals surface area contributed by atoms with E-state index in [2.05, 4.69) is 60.0 Å². The first-order chi connectivity index (χ1) is 6.46. The number of hydrogen-bond acceptors (Lipinski definition) is 2. The highest BCUT2D eigenvalue weighted by Crippen LogP contribution is 2.36. The molecule has 15 heavy (non-hydrogen) atoms. The first-order valence-corrected chi connectivity index (χ1v) is 8.75. The summed E-state index contributed by atoms with van der Waals surface area (Å²) in [5, 5.41) is 3.76. The van der Waals surface area contributed by atoms with E-state index in [9.17, 15) is 0 Å². The molecule has 3 heteroatoms. The fraction of sp³-hybridized carbons (Fsp3) is 1.00. The Kier molecular flexibility index (Phi) is 5.02. The van der Waals surface area contributed by atoms with Gasteiger partial charge in [0.1, 0.15) is 0 Å². The van der Waals surface area contributed by atoms with Gasteiger partial charge in [-0.05, 0) is 38.9 Å².